The lowest BCUT2D eigenvalue weighted by Crippen LogP contribution is -2.29. The molecule has 0 aliphatic heterocycles. The van der Waals surface area contributed by atoms with Gasteiger partial charge < -0.3 is 21.1 Å². The van der Waals surface area contributed by atoms with Gasteiger partial charge in [0.25, 0.3) is 0 Å². The number of carbonyl (C=O) groups excluding carboxylic acids is 2. The van der Waals surface area contributed by atoms with Crippen molar-refractivity contribution in [3.63, 3.8) is 0 Å². The van der Waals surface area contributed by atoms with Crippen molar-refractivity contribution >= 4 is 23.6 Å². The van der Waals surface area contributed by atoms with E-state index in [1.54, 1.807) is 18.3 Å². The maximum atomic E-state index is 11.9. The second-order valence-corrected chi connectivity index (χ2v) is 6.08. The summed E-state index contributed by atoms with van der Waals surface area (Å²) in [6.07, 6.45) is 5.09. The van der Waals surface area contributed by atoms with Crippen LogP contribution in [0.3, 0.4) is 0 Å². The average molecular weight is 357 g/mol. The van der Waals surface area contributed by atoms with Gasteiger partial charge in [0.05, 0.1) is 17.4 Å². The Hall–Kier alpha value is -3.36. The van der Waals surface area contributed by atoms with Crippen LogP contribution in [0.5, 0.6) is 0 Å². The van der Waals surface area contributed by atoms with Crippen LogP contribution in [0.4, 0.5) is 10.5 Å². The first-order valence-electron chi connectivity index (χ1n) is 8.18. The summed E-state index contributed by atoms with van der Waals surface area (Å²) in [6.45, 7) is 0.361. The number of amides is 3. The van der Waals surface area contributed by atoms with E-state index in [4.69, 9.17) is 5.11 Å². The molecule has 3 amide bonds. The highest BCUT2D eigenvalue weighted by Crippen LogP contribution is 2.18. The molecule has 1 aliphatic rings. The van der Waals surface area contributed by atoms with Gasteiger partial charge in [0.1, 0.15) is 6.54 Å². The fraction of sp³-hybridized carbons (Fsp3) is 0.294. The molecule has 0 bridgehead atoms. The minimum atomic E-state index is -0.995. The van der Waals surface area contributed by atoms with Crippen LogP contribution >= 0.6 is 0 Å². The Labute approximate surface area is 149 Å². The van der Waals surface area contributed by atoms with Gasteiger partial charge in [-0.3, -0.25) is 9.48 Å². The molecule has 4 N–H and O–H groups in total. The van der Waals surface area contributed by atoms with E-state index in [1.807, 2.05) is 0 Å². The number of rotatable bonds is 7. The number of carboxylic acids is 1. The number of nitrogens with zero attached hydrogens (tertiary/aromatic N) is 2. The summed E-state index contributed by atoms with van der Waals surface area (Å²) in [5.74, 6) is -1.10. The van der Waals surface area contributed by atoms with Crippen LogP contribution in [0.15, 0.2) is 36.7 Å². The van der Waals surface area contributed by atoms with Gasteiger partial charge in [-0.05, 0) is 30.5 Å². The number of hydrogen-bond donors (Lipinski definition) is 4. The quantitative estimate of drug-likeness (QED) is 0.592. The number of urea groups is 1. The normalized spacial score (nSPS) is 13.1. The number of nitrogens with one attached hydrogen (secondary N) is 3. The Morgan fingerprint density at radius 3 is 2.58 bits per heavy atom. The molecule has 3 rings (SSSR count). The molecule has 2 aromatic rings. The van der Waals surface area contributed by atoms with Gasteiger partial charge in [-0.2, -0.15) is 5.10 Å². The molecule has 0 atom stereocenters. The maximum Gasteiger partial charge on any atom is 0.335 e. The molecule has 0 spiro atoms. The van der Waals surface area contributed by atoms with Crippen molar-refractivity contribution in [1.82, 2.24) is 20.4 Å². The third-order valence-electron chi connectivity index (χ3n) is 3.79. The predicted octanol–water partition coefficient (Wildman–Crippen LogP) is 1.18. The zero-order valence-electron chi connectivity index (χ0n) is 13.9. The summed E-state index contributed by atoms with van der Waals surface area (Å²) in [6, 6.07) is 6.11. The Morgan fingerprint density at radius 1 is 1.19 bits per heavy atom. The molecule has 1 heterocycles. The molecule has 0 radical (unpaired) electrons. The predicted molar refractivity (Wildman–Crippen MR) is 92.7 cm³/mol. The van der Waals surface area contributed by atoms with Gasteiger partial charge in [0.15, 0.2) is 0 Å². The lowest BCUT2D eigenvalue weighted by molar-refractivity contribution is -0.122. The van der Waals surface area contributed by atoms with E-state index in [0.29, 0.717) is 11.7 Å². The van der Waals surface area contributed by atoms with Crippen molar-refractivity contribution in [3.8, 4) is 0 Å². The monoisotopic (exact) mass is 357 g/mol. The highest BCUT2D eigenvalue weighted by Gasteiger charge is 2.23. The largest absolute Gasteiger partial charge is 0.478 e. The zero-order valence-corrected chi connectivity index (χ0v) is 13.9. The second kappa shape index (κ2) is 7.68. The minimum absolute atomic E-state index is 0.101. The summed E-state index contributed by atoms with van der Waals surface area (Å²) in [7, 11) is 0. The SMILES string of the molecule is O=C(Cn1cc(NC(=O)NCc2ccc(C(=O)O)cc2)cn1)NC1CC1. The molecule has 1 aliphatic carbocycles. The molecule has 9 heteroatoms. The molecule has 26 heavy (non-hydrogen) atoms. The molecular weight excluding hydrogens is 338 g/mol. The molecule has 1 saturated carbocycles. The molecule has 0 unspecified atom stereocenters. The van der Waals surface area contributed by atoms with Crippen LogP contribution in [-0.4, -0.2) is 38.8 Å². The van der Waals surface area contributed by atoms with E-state index < -0.39 is 12.0 Å². The Kier molecular flexibility index (Phi) is 5.16. The van der Waals surface area contributed by atoms with Gasteiger partial charge in [0, 0.05) is 18.8 Å². The first-order valence-corrected chi connectivity index (χ1v) is 8.18. The number of carboxylic acid groups (broad SMARTS) is 1. The smallest absolute Gasteiger partial charge is 0.335 e. The van der Waals surface area contributed by atoms with Crippen molar-refractivity contribution < 1.29 is 19.5 Å². The molecule has 136 valence electrons. The topological polar surface area (TPSA) is 125 Å². The number of hydrogen-bond acceptors (Lipinski definition) is 4. The third-order valence-corrected chi connectivity index (χ3v) is 3.79. The van der Waals surface area contributed by atoms with Crippen LogP contribution in [0.25, 0.3) is 0 Å². The zero-order chi connectivity index (χ0) is 18.5. The van der Waals surface area contributed by atoms with Crippen molar-refractivity contribution in [2.45, 2.75) is 32.0 Å². The number of benzene rings is 1. The van der Waals surface area contributed by atoms with Gasteiger partial charge in [-0.25, -0.2) is 9.59 Å². The number of anilines is 1. The van der Waals surface area contributed by atoms with Crippen LogP contribution in [0, 0.1) is 0 Å². The fourth-order valence-corrected chi connectivity index (χ4v) is 2.29. The van der Waals surface area contributed by atoms with Crippen molar-refractivity contribution in [2.75, 3.05) is 5.32 Å². The Morgan fingerprint density at radius 2 is 1.92 bits per heavy atom. The average Bonchev–Trinajstić information content (AvgIpc) is 3.31. The number of carbonyl (C=O) groups is 3. The standard InChI is InChI=1S/C17H19N5O4/c23-15(20-13-5-6-13)10-22-9-14(8-19-22)21-17(26)18-7-11-1-3-12(4-2-11)16(24)25/h1-4,8-9,13H,5-7,10H2,(H,20,23)(H,24,25)(H2,18,21,26). The fourth-order valence-electron chi connectivity index (χ4n) is 2.29. The summed E-state index contributed by atoms with van der Waals surface area (Å²) in [5, 5.41) is 21.0. The lowest BCUT2D eigenvalue weighted by atomic mass is 10.1. The van der Waals surface area contributed by atoms with Crippen LogP contribution in [0.1, 0.15) is 28.8 Å². The molecular formula is C17H19N5O4. The van der Waals surface area contributed by atoms with Gasteiger partial charge >= 0.3 is 12.0 Å². The van der Waals surface area contributed by atoms with E-state index in [0.717, 1.165) is 18.4 Å². The van der Waals surface area contributed by atoms with E-state index in [9.17, 15) is 14.4 Å². The van der Waals surface area contributed by atoms with Gasteiger partial charge in [-0.1, -0.05) is 12.1 Å². The summed E-state index contributed by atoms with van der Waals surface area (Å²) < 4.78 is 1.46. The Balaban J connectivity index is 1.44. The Bertz CT molecular complexity index is 811. The first kappa shape index (κ1) is 17.5. The van der Waals surface area contributed by atoms with Crippen molar-refractivity contribution in [1.29, 1.82) is 0 Å². The number of aromatic nitrogens is 2. The maximum absolute atomic E-state index is 11.9. The molecule has 1 aromatic carbocycles. The molecule has 1 aromatic heterocycles. The molecule has 9 nitrogen and oxygen atoms in total. The van der Waals surface area contributed by atoms with Crippen molar-refractivity contribution in [3.05, 3.63) is 47.8 Å². The van der Waals surface area contributed by atoms with Crippen molar-refractivity contribution in [2.24, 2.45) is 0 Å². The third kappa shape index (κ3) is 5.07. The van der Waals surface area contributed by atoms with E-state index in [1.165, 1.54) is 23.0 Å². The minimum Gasteiger partial charge on any atom is -0.478 e. The molecule has 0 saturated heterocycles. The summed E-state index contributed by atoms with van der Waals surface area (Å²) in [5.41, 5.74) is 1.44. The van der Waals surface area contributed by atoms with Crippen LogP contribution in [-0.2, 0) is 17.9 Å². The lowest BCUT2D eigenvalue weighted by Gasteiger charge is -2.06. The van der Waals surface area contributed by atoms with E-state index >= 15 is 0 Å². The highest BCUT2D eigenvalue weighted by atomic mass is 16.4. The summed E-state index contributed by atoms with van der Waals surface area (Å²) >= 11 is 0. The number of aromatic carboxylic acids is 1. The second-order valence-electron chi connectivity index (χ2n) is 6.08. The van der Waals surface area contributed by atoms with Gasteiger partial charge in [0.2, 0.25) is 5.91 Å². The molecule has 1 fully saturated rings. The summed E-state index contributed by atoms with van der Waals surface area (Å²) in [4.78, 5) is 34.4. The van der Waals surface area contributed by atoms with Gasteiger partial charge in [-0.15, -0.1) is 0 Å². The highest BCUT2D eigenvalue weighted by molar-refractivity contribution is 5.89. The first-order chi connectivity index (χ1) is 12.5. The van der Waals surface area contributed by atoms with Crippen LogP contribution in [0.2, 0.25) is 0 Å². The van der Waals surface area contributed by atoms with E-state index in [2.05, 4.69) is 21.0 Å². The van der Waals surface area contributed by atoms with E-state index in [-0.39, 0.29) is 24.6 Å². The van der Waals surface area contributed by atoms with Crippen LogP contribution < -0.4 is 16.0 Å².